The average Bonchev–Trinajstić information content (AvgIpc) is 3.40. The van der Waals surface area contributed by atoms with Gasteiger partial charge in [0.15, 0.2) is 0 Å². The van der Waals surface area contributed by atoms with E-state index in [0.717, 1.165) is 83.0 Å². The number of esters is 1. The maximum atomic E-state index is 12.4. The zero-order valence-corrected chi connectivity index (χ0v) is 22.5. The molecule has 0 atom stereocenters. The Labute approximate surface area is 224 Å². The third kappa shape index (κ3) is 6.46. The number of nitrogens with one attached hydrogen (secondary N) is 1. The molecule has 0 heterocycles. The Morgan fingerprint density at radius 1 is 0.895 bits per heavy atom. The molecule has 0 spiro atoms. The quantitative estimate of drug-likeness (QED) is 0.249. The lowest BCUT2D eigenvalue weighted by Crippen LogP contribution is -2.19. The summed E-state index contributed by atoms with van der Waals surface area (Å²) in [6.07, 6.45) is 4.05. The van der Waals surface area contributed by atoms with E-state index in [1.54, 1.807) is 21.1 Å². The fraction of sp³-hybridized carbons (Fsp3) is 0.355. The number of hydrogen-bond acceptors (Lipinski definition) is 6. The minimum absolute atomic E-state index is 0.251. The van der Waals surface area contributed by atoms with Gasteiger partial charge in [-0.3, -0.25) is 9.59 Å². The van der Waals surface area contributed by atoms with E-state index in [4.69, 9.17) is 18.9 Å². The summed E-state index contributed by atoms with van der Waals surface area (Å²) >= 11 is 0. The number of fused-ring (bicyclic) bond motifs is 1. The van der Waals surface area contributed by atoms with Crippen LogP contribution in [-0.2, 0) is 40.0 Å². The highest BCUT2D eigenvalue weighted by atomic mass is 16.5. The Bertz CT molecular complexity index is 1300. The first-order valence-electron chi connectivity index (χ1n) is 13.0. The molecule has 0 aliphatic heterocycles. The highest BCUT2D eigenvalue weighted by molar-refractivity contribution is 6.02. The average molecular weight is 518 g/mol. The van der Waals surface area contributed by atoms with Crippen LogP contribution in [0.3, 0.4) is 0 Å². The number of aryl methyl sites for hydroxylation is 3. The molecule has 0 aromatic heterocycles. The molecule has 0 fully saturated rings. The van der Waals surface area contributed by atoms with Crippen LogP contribution >= 0.6 is 0 Å². The third-order valence-electron chi connectivity index (χ3n) is 6.73. The molecule has 0 saturated heterocycles. The number of ether oxygens (including phenoxy) is 4. The minimum Gasteiger partial charge on any atom is -0.497 e. The largest absolute Gasteiger partial charge is 0.497 e. The molecule has 38 heavy (non-hydrogen) atoms. The number of amides is 1. The molecule has 200 valence electrons. The van der Waals surface area contributed by atoms with E-state index in [1.165, 1.54) is 5.56 Å². The maximum Gasteiger partial charge on any atom is 0.315 e. The van der Waals surface area contributed by atoms with E-state index in [9.17, 15) is 9.59 Å². The summed E-state index contributed by atoms with van der Waals surface area (Å²) in [5.41, 5.74) is 6.12. The molecule has 7 heteroatoms. The summed E-state index contributed by atoms with van der Waals surface area (Å²) in [6.45, 7) is 3.95. The molecule has 3 aromatic carbocycles. The molecule has 4 rings (SSSR count). The summed E-state index contributed by atoms with van der Waals surface area (Å²) in [5, 5.41) is 2.91. The van der Waals surface area contributed by atoms with Gasteiger partial charge in [0, 0.05) is 11.3 Å². The third-order valence-corrected chi connectivity index (χ3v) is 6.73. The van der Waals surface area contributed by atoms with Gasteiger partial charge in [0.25, 0.3) is 0 Å². The number of carbonyl (C=O) groups is 2. The fourth-order valence-corrected chi connectivity index (χ4v) is 4.89. The van der Waals surface area contributed by atoms with E-state index >= 15 is 0 Å². The molecule has 3 aromatic rings. The molecule has 7 nitrogen and oxygen atoms in total. The molecule has 1 aliphatic rings. The lowest BCUT2D eigenvalue weighted by atomic mass is 10.0. The van der Waals surface area contributed by atoms with Crippen molar-refractivity contribution in [3.63, 3.8) is 0 Å². The van der Waals surface area contributed by atoms with Crippen molar-refractivity contribution in [2.45, 2.75) is 52.4 Å². The van der Waals surface area contributed by atoms with Crippen LogP contribution in [-0.4, -0.2) is 32.7 Å². The molecule has 1 aliphatic carbocycles. The topological polar surface area (TPSA) is 83.1 Å². The Morgan fingerprint density at radius 3 is 2.34 bits per heavy atom. The van der Waals surface area contributed by atoms with Crippen LogP contribution in [0, 0.1) is 6.92 Å². The predicted octanol–water partition coefficient (Wildman–Crippen LogP) is 5.97. The lowest BCUT2D eigenvalue weighted by Gasteiger charge is -2.18. The second-order valence-electron chi connectivity index (χ2n) is 9.33. The molecular formula is C31H35NO6. The number of carbonyl (C=O) groups excluding carboxylic acids is 2. The van der Waals surface area contributed by atoms with Crippen molar-refractivity contribution >= 4 is 17.6 Å². The van der Waals surface area contributed by atoms with Crippen molar-refractivity contribution in [3.8, 4) is 23.0 Å². The first-order valence-corrected chi connectivity index (χ1v) is 13.0. The van der Waals surface area contributed by atoms with Gasteiger partial charge in [-0.25, -0.2) is 0 Å². The van der Waals surface area contributed by atoms with Gasteiger partial charge in [-0.05, 0) is 105 Å². The predicted molar refractivity (Wildman–Crippen MR) is 147 cm³/mol. The SMILES string of the molecule is CCOC(=O)CC(=O)Nc1cc(C)c(Oc2ccc(OC)c(CCc3ccc(OC)cc3)c2)c2c1CCC2. The van der Waals surface area contributed by atoms with Gasteiger partial charge in [0.2, 0.25) is 5.91 Å². The second-order valence-corrected chi connectivity index (χ2v) is 9.33. The number of hydrogen-bond donors (Lipinski definition) is 1. The van der Waals surface area contributed by atoms with Gasteiger partial charge in [0.05, 0.1) is 20.8 Å². The summed E-state index contributed by atoms with van der Waals surface area (Å²) in [6, 6.07) is 15.9. The monoisotopic (exact) mass is 517 g/mol. The summed E-state index contributed by atoms with van der Waals surface area (Å²) in [7, 11) is 3.34. The Morgan fingerprint density at radius 2 is 1.63 bits per heavy atom. The van der Waals surface area contributed by atoms with Crippen LogP contribution in [0.15, 0.2) is 48.5 Å². The van der Waals surface area contributed by atoms with Gasteiger partial charge in [-0.1, -0.05) is 12.1 Å². The summed E-state index contributed by atoms with van der Waals surface area (Å²) < 4.78 is 22.2. The first-order chi connectivity index (χ1) is 18.4. The summed E-state index contributed by atoms with van der Waals surface area (Å²) in [4.78, 5) is 24.1. The molecule has 1 amide bonds. The van der Waals surface area contributed by atoms with E-state index in [0.29, 0.717) is 0 Å². The van der Waals surface area contributed by atoms with Gasteiger partial charge in [0.1, 0.15) is 29.4 Å². The van der Waals surface area contributed by atoms with Gasteiger partial charge in [-0.15, -0.1) is 0 Å². The molecule has 0 radical (unpaired) electrons. The number of benzene rings is 3. The highest BCUT2D eigenvalue weighted by Crippen LogP contribution is 2.41. The van der Waals surface area contributed by atoms with Crippen molar-refractivity contribution in [3.05, 3.63) is 76.3 Å². The van der Waals surface area contributed by atoms with Crippen molar-refractivity contribution in [2.24, 2.45) is 0 Å². The zero-order valence-electron chi connectivity index (χ0n) is 22.5. The fourth-order valence-electron chi connectivity index (χ4n) is 4.89. The highest BCUT2D eigenvalue weighted by Gasteiger charge is 2.24. The van der Waals surface area contributed by atoms with Crippen molar-refractivity contribution in [1.29, 1.82) is 0 Å². The van der Waals surface area contributed by atoms with Crippen LogP contribution in [0.1, 0.15) is 47.6 Å². The van der Waals surface area contributed by atoms with Crippen LogP contribution in [0.5, 0.6) is 23.0 Å². The van der Waals surface area contributed by atoms with Gasteiger partial charge >= 0.3 is 5.97 Å². The summed E-state index contributed by atoms with van der Waals surface area (Å²) in [5.74, 6) is 2.34. The van der Waals surface area contributed by atoms with Crippen molar-refractivity contribution < 1.29 is 28.5 Å². The lowest BCUT2D eigenvalue weighted by molar-refractivity contribution is -0.145. The first kappa shape index (κ1) is 27.0. The van der Waals surface area contributed by atoms with Crippen LogP contribution in [0.4, 0.5) is 5.69 Å². The van der Waals surface area contributed by atoms with Crippen molar-refractivity contribution in [1.82, 2.24) is 0 Å². The normalized spacial score (nSPS) is 12.0. The maximum absolute atomic E-state index is 12.4. The number of methoxy groups -OCH3 is 2. The molecule has 1 N–H and O–H groups in total. The van der Waals surface area contributed by atoms with Gasteiger partial charge < -0.3 is 24.3 Å². The zero-order chi connectivity index (χ0) is 27.1. The molecule has 0 saturated carbocycles. The molecule has 0 bridgehead atoms. The Balaban J connectivity index is 1.52. The van der Waals surface area contributed by atoms with E-state index < -0.39 is 5.97 Å². The van der Waals surface area contributed by atoms with E-state index in [1.807, 2.05) is 43.3 Å². The smallest absolute Gasteiger partial charge is 0.315 e. The van der Waals surface area contributed by atoms with E-state index in [-0.39, 0.29) is 18.9 Å². The molecule has 0 unspecified atom stereocenters. The minimum atomic E-state index is -0.527. The standard InChI is InChI=1S/C31H35NO6/c1-5-37-30(34)19-29(33)32-27-17-20(2)31(26-8-6-7-25(26)27)38-24-15-16-28(36-4)22(18-24)12-9-21-10-13-23(35-3)14-11-21/h10-11,13-18H,5-9,12,19H2,1-4H3,(H,32,33). The van der Waals surface area contributed by atoms with Crippen molar-refractivity contribution in [2.75, 3.05) is 26.1 Å². The Kier molecular flexibility index (Phi) is 8.89. The van der Waals surface area contributed by atoms with Crippen LogP contribution in [0.2, 0.25) is 0 Å². The second kappa shape index (κ2) is 12.5. The van der Waals surface area contributed by atoms with E-state index in [2.05, 4.69) is 17.4 Å². The molecular weight excluding hydrogens is 482 g/mol. The Hall–Kier alpha value is -4.00. The van der Waals surface area contributed by atoms with Gasteiger partial charge in [-0.2, -0.15) is 0 Å². The number of anilines is 1. The number of rotatable bonds is 11. The van der Waals surface area contributed by atoms with Crippen LogP contribution < -0.4 is 19.5 Å². The van der Waals surface area contributed by atoms with Crippen LogP contribution in [0.25, 0.3) is 0 Å².